The van der Waals surface area contributed by atoms with E-state index in [4.69, 9.17) is 5.11 Å². The fraction of sp³-hybridized carbons (Fsp3) is 0.500. The minimum absolute atomic E-state index is 0.0819. The Hall–Kier alpha value is -0.610. The first-order chi connectivity index (χ1) is 5.80. The van der Waals surface area contributed by atoms with Crippen LogP contribution < -0.4 is 0 Å². The van der Waals surface area contributed by atoms with Crippen molar-refractivity contribution in [3.05, 3.63) is 17.6 Å². The van der Waals surface area contributed by atoms with Crippen LogP contribution in [0.25, 0.3) is 0 Å². The lowest BCUT2D eigenvalue weighted by Gasteiger charge is -2.02. The lowest BCUT2D eigenvalue weighted by Crippen LogP contribution is -1.99. The third-order valence-corrected chi connectivity index (χ3v) is 2.14. The Morgan fingerprint density at radius 1 is 1.50 bits per heavy atom. The summed E-state index contributed by atoms with van der Waals surface area (Å²) < 4.78 is 0. The molecule has 66 valence electrons. The van der Waals surface area contributed by atoms with Crippen LogP contribution >= 0.6 is 11.8 Å². The highest BCUT2D eigenvalue weighted by Crippen LogP contribution is 2.12. The molecule has 0 atom stereocenters. The summed E-state index contributed by atoms with van der Waals surface area (Å²) in [5.41, 5.74) is 0.985. The van der Waals surface area contributed by atoms with E-state index in [0.717, 1.165) is 17.1 Å². The van der Waals surface area contributed by atoms with Gasteiger partial charge in [0.15, 0.2) is 5.82 Å². The van der Waals surface area contributed by atoms with Gasteiger partial charge in [-0.25, -0.2) is 9.97 Å². The van der Waals surface area contributed by atoms with E-state index in [0.29, 0.717) is 5.82 Å². The van der Waals surface area contributed by atoms with Gasteiger partial charge in [-0.3, -0.25) is 0 Å². The van der Waals surface area contributed by atoms with Gasteiger partial charge in [0.2, 0.25) is 0 Å². The highest BCUT2D eigenvalue weighted by molar-refractivity contribution is 7.98. The zero-order valence-corrected chi connectivity index (χ0v) is 8.06. The Balaban J connectivity index is 3.01. The maximum atomic E-state index is 8.84. The fourth-order valence-corrected chi connectivity index (χ4v) is 1.33. The second-order valence-electron chi connectivity index (χ2n) is 2.33. The van der Waals surface area contributed by atoms with E-state index in [1.54, 1.807) is 11.8 Å². The van der Waals surface area contributed by atoms with Gasteiger partial charge in [-0.1, -0.05) is 6.92 Å². The van der Waals surface area contributed by atoms with Gasteiger partial charge in [0.05, 0.1) is 5.03 Å². The number of thioether (sulfide) groups is 1. The molecule has 0 radical (unpaired) electrons. The molecule has 4 heteroatoms. The molecular weight excluding hydrogens is 172 g/mol. The predicted molar refractivity (Wildman–Crippen MR) is 49.1 cm³/mol. The smallest absolute Gasteiger partial charge is 0.155 e. The zero-order chi connectivity index (χ0) is 8.97. The van der Waals surface area contributed by atoms with Crippen molar-refractivity contribution in [1.82, 2.24) is 9.97 Å². The lowest BCUT2D eigenvalue weighted by atomic mass is 10.3. The van der Waals surface area contributed by atoms with Gasteiger partial charge in [0.1, 0.15) is 6.61 Å². The summed E-state index contributed by atoms with van der Waals surface area (Å²) in [6.45, 7) is 1.95. The Morgan fingerprint density at radius 2 is 2.25 bits per heavy atom. The van der Waals surface area contributed by atoms with Crippen molar-refractivity contribution < 1.29 is 5.11 Å². The third kappa shape index (κ3) is 2.19. The maximum absolute atomic E-state index is 8.84. The first-order valence-corrected chi connectivity index (χ1v) is 5.04. The summed E-state index contributed by atoms with van der Waals surface area (Å²) in [5, 5.41) is 9.77. The van der Waals surface area contributed by atoms with E-state index in [1.165, 1.54) is 0 Å². The summed E-state index contributed by atoms with van der Waals surface area (Å²) in [4.78, 5) is 8.26. The molecule has 1 N–H and O–H groups in total. The van der Waals surface area contributed by atoms with Crippen LogP contribution in [0, 0.1) is 0 Å². The van der Waals surface area contributed by atoms with Crippen molar-refractivity contribution in [3.8, 4) is 0 Å². The molecule has 0 saturated heterocycles. The van der Waals surface area contributed by atoms with Crippen molar-refractivity contribution in [1.29, 1.82) is 0 Å². The van der Waals surface area contributed by atoms with Crippen molar-refractivity contribution in [2.75, 3.05) is 6.26 Å². The van der Waals surface area contributed by atoms with E-state index in [2.05, 4.69) is 9.97 Å². The van der Waals surface area contributed by atoms with Crippen LogP contribution in [0.2, 0.25) is 0 Å². The number of aliphatic hydroxyl groups is 1. The largest absolute Gasteiger partial charge is 0.388 e. The summed E-state index contributed by atoms with van der Waals surface area (Å²) in [6, 6.07) is 1.95. The van der Waals surface area contributed by atoms with Crippen LogP contribution in [0.5, 0.6) is 0 Å². The van der Waals surface area contributed by atoms with Crippen molar-refractivity contribution in [2.24, 2.45) is 0 Å². The van der Waals surface area contributed by atoms with Crippen LogP contribution in [0.3, 0.4) is 0 Å². The van der Waals surface area contributed by atoms with E-state index in [9.17, 15) is 0 Å². The van der Waals surface area contributed by atoms with Gasteiger partial charge in [-0.05, 0) is 18.7 Å². The molecule has 1 heterocycles. The average Bonchev–Trinajstić information content (AvgIpc) is 2.16. The number of hydrogen-bond acceptors (Lipinski definition) is 4. The first-order valence-electron chi connectivity index (χ1n) is 3.81. The molecule has 0 saturated carbocycles. The number of aryl methyl sites for hydroxylation is 1. The third-order valence-electron chi connectivity index (χ3n) is 1.51. The lowest BCUT2D eigenvalue weighted by molar-refractivity contribution is 0.270. The van der Waals surface area contributed by atoms with Crippen LogP contribution in [0.15, 0.2) is 11.1 Å². The van der Waals surface area contributed by atoms with E-state index >= 15 is 0 Å². The summed E-state index contributed by atoms with van der Waals surface area (Å²) in [5.74, 6) is 0.513. The summed E-state index contributed by atoms with van der Waals surface area (Å²) in [7, 11) is 0. The molecule has 1 rings (SSSR count). The molecule has 0 amide bonds. The van der Waals surface area contributed by atoms with Gasteiger partial charge < -0.3 is 5.11 Å². The molecule has 0 unspecified atom stereocenters. The predicted octanol–water partition coefficient (Wildman–Crippen LogP) is 1.25. The first kappa shape index (κ1) is 9.48. The second kappa shape index (κ2) is 4.42. The van der Waals surface area contributed by atoms with E-state index in [-0.39, 0.29) is 6.61 Å². The Bertz CT molecular complexity index is 210. The average molecular weight is 184 g/mol. The monoisotopic (exact) mass is 184 g/mol. The van der Waals surface area contributed by atoms with Gasteiger partial charge in [0.25, 0.3) is 0 Å². The molecule has 0 aliphatic heterocycles. The number of aliphatic hydroxyl groups excluding tert-OH is 1. The minimum Gasteiger partial charge on any atom is -0.388 e. The molecule has 3 nitrogen and oxygen atoms in total. The topological polar surface area (TPSA) is 46.0 Å². The molecule has 0 spiro atoms. The van der Waals surface area contributed by atoms with Crippen molar-refractivity contribution in [2.45, 2.75) is 25.0 Å². The molecule has 12 heavy (non-hydrogen) atoms. The Morgan fingerprint density at radius 3 is 2.75 bits per heavy atom. The summed E-state index contributed by atoms with van der Waals surface area (Å²) in [6.07, 6.45) is 2.84. The van der Waals surface area contributed by atoms with Crippen molar-refractivity contribution in [3.63, 3.8) is 0 Å². The number of rotatable bonds is 3. The number of nitrogens with zero attached hydrogens (tertiary/aromatic N) is 2. The van der Waals surface area contributed by atoms with Gasteiger partial charge >= 0.3 is 0 Å². The molecule has 0 bridgehead atoms. The standard InChI is InChI=1S/C8H12N2OS/c1-3-6-4-8(12-2)10-7(5-11)9-6/h4,11H,3,5H2,1-2H3. The molecule has 0 aliphatic carbocycles. The van der Waals surface area contributed by atoms with Gasteiger partial charge in [-0.2, -0.15) is 0 Å². The SMILES string of the molecule is CCc1cc(SC)nc(CO)n1. The molecule has 1 aromatic heterocycles. The van der Waals surface area contributed by atoms with E-state index in [1.807, 2.05) is 19.2 Å². The normalized spacial score (nSPS) is 10.2. The molecular formula is C8H12N2OS. The minimum atomic E-state index is -0.0819. The maximum Gasteiger partial charge on any atom is 0.155 e. The van der Waals surface area contributed by atoms with E-state index < -0.39 is 0 Å². The van der Waals surface area contributed by atoms with Crippen LogP contribution in [-0.4, -0.2) is 21.3 Å². The second-order valence-corrected chi connectivity index (χ2v) is 3.16. The summed E-state index contributed by atoms with van der Waals surface area (Å²) >= 11 is 1.57. The fourth-order valence-electron chi connectivity index (χ4n) is 0.881. The molecule has 0 fully saturated rings. The quantitative estimate of drug-likeness (QED) is 0.567. The molecule has 1 aromatic rings. The highest BCUT2D eigenvalue weighted by atomic mass is 32.2. The Labute approximate surface area is 76.2 Å². The Kier molecular flexibility index (Phi) is 3.49. The molecule has 0 aromatic carbocycles. The molecule has 0 aliphatic rings. The van der Waals surface area contributed by atoms with Crippen LogP contribution in [-0.2, 0) is 13.0 Å². The van der Waals surface area contributed by atoms with Crippen molar-refractivity contribution >= 4 is 11.8 Å². The zero-order valence-electron chi connectivity index (χ0n) is 7.24. The van der Waals surface area contributed by atoms with Crippen LogP contribution in [0.1, 0.15) is 18.4 Å². The number of aromatic nitrogens is 2. The number of hydrogen-bond donors (Lipinski definition) is 1. The highest BCUT2D eigenvalue weighted by Gasteiger charge is 2.00. The van der Waals surface area contributed by atoms with Gasteiger partial charge in [0, 0.05) is 5.69 Å². The van der Waals surface area contributed by atoms with Gasteiger partial charge in [-0.15, -0.1) is 11.8 Å². The van der Waals surface area contributed by atoms with Crippen LogP contribution in [0.4, 0.5) is 0 Å².